The molecule has 0 bridgehead atoms. The van der Waals surface area contributed by atoms with E-state index in [2.05, 4.69) is 10.6 Å². The van der Waals surface area contributed by atoms with Gasteiger partial charge in [0, 0.05) is 17.3 Å². The van der Waals surface area contributed by atoms with Crippen LogP contribution in [-0.4, -0.2) is 44.7 Å². The van der Waals surface area contributed by atoms with Crippen LogP contribution in [-0.2, 0) is 14.3 Å². The van der Waals surface area contributed by atoms with E-state index >= 15 is 0 Å². The molecule has 0 spiro atoms. The van der Waals surface area contributed by atoms with Crippen LogP contribution in [0.25, 0.3) is 0 Å². The highest BCUT2D eigenvalue weighted by atomic mass is 16.5. The molecule has 0 aliphatic heterocycles. The summed E-state index contributed by atoms with van der Waals surface area (Å²) in [6.07, 6.45) is -1.02. The minimum Gasteiger partial charge on any atom is -0.497 e. The number of anilines is 1. The van der Waals surface area contributed by atoms with E-state index in [1.54, 1.807) is 18.2 Å². The zero-order chi connectivity index (χ0) is 21.4. The van der Waals surface area contributed by atoms with Crippen molar-refractivity contribution in [2.24, 2.45) is 0 Å². The number of nitrogens with one attached hydrogen (secondary N) is 2. The lowest BCUT2D eigenvalue weighted by Crippen LogP contribution is -2.35. The Morgan fingerprint density at radius 3 is 2.10 bits per heavy atom. The first kappa shape index (κ1) is 21.7. The Kier molecular flexibility index (Phi) is 7.59. The molecule has 2 rings (SSSR count). The fourth-order valence-electron chi connectivity index (χ4n) is 2.37. The summed E-state index contributed by atoms with van der Waals surface area (Å²) in [4.78, 5) is 36.4. The molecule has 2 amide bonds. The van der Waals surface area contributed by atoms with Gasteiger partial charge in [-0.15, -0.1) is 0 Å². The summed E-state index contributed by atoms with van der Waals surface area (Å²) in [6, 6.07) is 11.9. The van der Waals surface area contributed by atoms with E-state index < -0.39 is 23.9 Å². The molecule has 0 unspecified atom stereocenters. The average Bonchev–Trinajstić information content (AvgIpc) is 2.72. The van der Waals surface area contributed by atoms with Gasteiger partial charge in [0.1, 0.15) is 18.0 Å². The van der Waals surface area contributed by atoms with Crippen LogP contribution in [0.4, 0.5) is 5.69 Å². The standard InChI is InChI=1S/C21H24N2O6/c1-13-5-7-16(8-6-13)23-20(25)14(2)29-19(24)12-22-21(26)15-9-17(27-3)11-18(10-15)28-4/h5-11,14H,12H2,1-4H3,(H,22,26)(H,23,25)/t14-/m0/s1. The van der Waals surface area contributed by atoms with E-state index in [4.69, 9.17) is 14.2 Å². The topological polar surface area (TPSA) is 103 Å². The maximum absolute atomic E-state index is 12.3. The average molecular weight is 400 g/mol. The van der Waals surface area contributed by atoms with Gasteiger partial charge in [-0.1, -0.05) is 17.7 Å². The van der Waals surface area contributed by atoms with Crippen molar-refractivity contribution in [3.8, 4) is 11.5 Å². The molecule has 0 fully saturated rings. The second-order valence-electron chi connectivity index (χ2n) is 6.27. The van der Waals surface area contributed by atoms with Gasteiger partial charge < -0.3 is 24.8 Å². The van der Waals surface area contributed by atoms with Crippen molar-refractivity contribution in [1.29, 1.82) is 0 Å². The summed E-state index contributed by atoms with van der Waals surface area (Å²) >= 11 is 0. The van der Waals surface area contributed by atoms with E-state index in [1.165, 1.54) is 33.3 Å². The summed E-state index contributed by atoms with van der Waals surface area (Å²) < 4.78 is 15.3. The molecule has 2 aromatic carbocycles. The first-order valence-corrected chi connectivity index (χ1v) is 8.90. The van der Waals surface area contributed by atoms with Crippen molar-refractivity contribution < 1.29 is 28.6 Å². The molecular formula is C21H24N2O6. The largest absolute Gasteiger partial charge is 0.497 e. The fraction of sp³-hybridized carbons (Fsp3) is 0.286. The number of amides is 2. The van der Waals surface area contributed by atoms with E-state index in [1.807, 2.05) is 19.1 Å². The molecule has 0 aromatic heterocycles. The number of rotatable bonds is 8. The Hall–Kier alpha value is -3.55. The Labute approximate surface area is 169 Å². The van der Waals surface area contributed by atoms with Gasteiger partial charge in [-0.2, -0.15) is 0 Å². The van der Waals surface area contributed by atoms with E-state index in [0.717, 1.165) is 5.56 Å². The zero-order valence-electron chi connectivity index (χ0n) is 16.8. The predicted octanol–water partition coefficient (Wildman–Crippen LogP) is 2.31. The molecule has 0 saturated heterocycles. The molecule has 0 aliphatic rings. The van der Waals surface area contributed by atoms with Crippen LogP contribution in [0.5, 0.6) is 11.5 Å². The van der Waals surface area contributed by atoms with E-state index in [-0.39, 0.29) is 12.1 Å². The first-order valence-electron chi connectivity index (χ1n) is 8.90. The monoisotopic (exact) mass is 400 g/mol. The van der Waals surface area contributed by atoms with Gasteiger partial charge in [0.2, 0.25) is 0 Å². The number of aryl methyl sites for hydroxylation is 1. The number of methoxy groups -OCH3 is 2. The third-order valence-corrected chi connectivity index (χ3v) is 4.00. The molecule has 1 atom stereocenters. The summed E-state index contributed by atoms with van der Waals surface area (Å²) in [6.45, 7) is 3.00. The van der Waals surface area contributed by atoms with Crippen molar-refractivity contribution >= 4 is 23.5 Å². The Morgan fingerprint density at radius 2 is 1.55 bits per heavy atom. The lowest BCUT2D eigenvalue weighted by atomic mass is 10.2. The maximum atomic E-state index is 12.3. The Balaban J connectivity index is 1.86. The van der Waals surface area contributed by atoms with Crippen LogP contribution in [0.3, 0.4) is 0 Å². The minimum atomic E-state index is -1.02. The van der Waals surface area contributed by atoms with E-state index in [0.29, 0.717) is 17.2 Å². The summed E-state index contributed by atoms with van der Waals surface area (Å²) in [7, 11) is 2.94. The van der Waals surface area contributed by atoms with Crippen LogP contribution < -0.4 is 20.1 Å². The molecule has 2 N–H and O–H groups in total. The molecule has 2 aromatic rings. The number of esters is 1. The highest BCUT2D eigenvalue weighted by Crippen LogP contribution is 2.22. The number of carbonyl (C=O) groups is 3. The van der Waals surface area contributed by atoms with Gasteiger partial charge >= 0.3 is 5.97 Å². The highest BCUT2D eigenvalue weighted by Gasteiger charge is 2.19. The maximum Gasteiger partial charge on any atom is 0.326 e. The summed E-state index contributed by atoms with van der Waals surface area (Å²) in [5.41, 5.74) is 1.93. The van der Waals surface area contributed by atoms with Crippen LogP contribution >= 0.6 is 0 Å². The van der Waals surface area contributed by atoms with Gasteiger partial charge in [0.05, 0.1) is 14.2 Å². The molecular weight excluding hydrogens is 376 g/mol. The lowest BCUT2D eigenvalue weighted by Gasteiger charge is -2.14. The number of hydrogen-bond donors (Lipinski definition) is 2. The normalized spacial score (nSPS) is 11.2. The van der Waals surface area contributed by atoms with Crippen LogP contribution in [0.2, 0.25) is 0 Å². The smallest absolute Gasteiger partial charge is 0.326 e. The second kappa shape index (κ2) is 10.1. The van der Waals surface area contributed by atoms with Crippen LogP contribution in [0.15, 0.2) is 42.5 Å². The zero-order valence-corrected chi connectivity index (χ0v) is 16.8. The van der Waals surface area contributed by atoms with Crippen molar-refractivity contribution in [2.75, 3.05) is 26.1 Å². The second-order valence-corrected chi connectivity index (χ2v) is 6.27. The number of hydrogen-bond acceptors (Lipinski definition) is 6. The van der Waals surface area contributed by atoms with Crippen molar-refractivity contribution in [3.63, 3.8) is 0 Å². The number of carbonyl (C=O) groups excluding carboxylic acids is 3. The van der Waals surface area contributed by atoms with Crippen LogP contribution in [0, 0.1) is 6.92 Å². The van der Waals surface area contributed by atoms with Gasteiger partial charge in [0.15, 0.2) is 6.10 Å². The molecule has 8 nitrogen and oxygen atoms in total. The van der Waals surface area contributed by atoms with Gasteiger partial charge in [-0.25, -0.2) is 0 Å². The summed E-state index contributed by atoms with van der Waals surface area (Å²) in [5, 5.41) is 5.10. The quantitative estimate of drug-likeness (QED) is 0.659. The molecule has 0 aliphatic carbocycles. The minimum absolute atomic E-state index is 0.263. The van der Waals surface area contributed by atoms with Gasteiger partial charge in [-0.05, 0) is 38.1 Å². The first-order chi connectivity index (χ1) is 13.8. The third kappa shape index (κ3) is 6.53. The van der Waals surface area contributed by atoms with Crippen LogP contribution in [0.1, 0.15) is 22.8 Å². The number of ether oxygens (including phenoxy) is 3. The number of benzene rings is 2. The SMILES string of the molecule is COc1cc(OC)cc(C(=O)NCC(=O)O[C@@H](C)C(=O)Nc2ccc(C)cc2)c1. The van der Waals surface area contributed by atoms with Crippen molar-refractivity contribution in [3.05, 3.63) is 53.6 Å². The Bertz CT molecular complexity index is 857. The lowest BCUT2D eigenvalue weighted by molar-refractivity contribution is -0.152. The van der Waals surface area contributed by atoms with Gasteiger partial charge in [0.25, 0.3) is 11.8 Å². The van der Waals surface area contributed by atoms with E-state index in [9.17, 15) is 14.4 Å². The molecule has 8 heteroatoms. The predicted molar refractivity (Wildman–Crippen MR) is 107 cm³/mol. The molecule has 0 radical (unpaired) electrons. The molecule has 154 valence electrons. The van der Waals surface area contributed by atoms with Crippen molar-refractivity contribution in [2.45, 2.75) is 20.0 Å². The third-order valence-electron chi connectivity index (χ3n) is 4.00. The molecule has 0 heterocycles. The Morgan fingerprint density at radius 1 is 0.966 bits per heavy atom. The fourth-order valence-corrected chi connectivity index (χ4v) is 2.37. The molecule has 29 heavy (non-hydrogen) atoms. The van der Waals surface area contributed by atoms with Gasteiger partial charge in [-0.3, -0.25) is 14.4 Å². The highest BCUT2D eigenvalue weighted by molar-refractivity contribution is 5.97. The van der Waals surface area contributed by atoms with Crippen molar-refractivity contribution in [1.82, 2.24) is 5.32 Å². The summed E-state index contributed by atoms with van der Waals surface area (Å²) in [5.74, 6) is -0.821. The molecule has 0 saturated carbocycles.